The van der Waals surface area contributed by atoms with Crippen molar-refractivity contribution in [3.8, 4) is 0 Å². The molecule has 0 radical (unpaired) electrons. The van der Waals surface area contributed by atoms with Gasteiger partial charge in [0.15, 0.2) is 0 Å². The van der Waals surface area contributed by atoms with Crippen LogP contribution in [0.15, 0.2) is 0 Å². The number of rotatable bonds is 5. The van der Waals surface area contributed by atoms with Gasteiger partial charge in [0.25, 0.3) is 0 Å². The first-order valence-corrected chi connectivity index (χ1v) is 8.99. The highest BCUT2D eigenvalue weighted by molar-refractivity contribution is 5.82. The lowest BCUT2D eigenvalue weighted by Gasteiger charge is -2.36. The average Bonchev–Trinajstić information content (AvgIpc) is 2.89. The molecule has 1 rings (SSSR count). The number of likely N-dealkylation sites (tertiary alicyclic amines) is 1. The number of ether oxygens (including phenoxy) is 1. The van der Waals surface area contributed by atoms with E-state index in [9.17, 15) is 9.59 Å². The summed E-state index contributed by atoms with van der Waals surface area (Å²) in [4.78, 5) is 28.7. The van der Waals surface area contributed by atoms with Crippen molar-refractivity contribution in [3.05, 3.63) is 0 Å². The van der Waals surface area contributed by atoms with E-state index in [1.165, 1.54) is 0 Å². The summed E-state index contributed by atoms with van der Waals surface area (Å²) in [5.74, 6) is 0.0420. The monoisotopic (exact) mass is 341 g/mol. The van der Waals surface area contributed by atoms with Crippen LogP contribution in [0.2, 0.25) is 0 Å². The van der Waals surface area contributed by atoms with Gasteiger partial charge in [0, 0.05) is 19.1 Å². The molecule has 0 aromatic heterocycles. The van der Waals surface area contributed by atoms with Crippen LogP contribution in [-0.4, -0.2) is 58.6 Å². The van der Waals surface area contributed by atoms with Crippen molar-refractivity contribution in [3.63, 3.8) is 0 Å². The van der Waals surface area contributed by atoms with Crippen LogP contribution < -0.4 is 5.73 Å². The van der Waals surface area contributed by atoms with Crippen molar-refractivity contribution in [2.75, 3.05) is 13.1 Å². The highest BCUT2D eigenvalue weighted by atomic mass is 16.6. The van der Waals surface area contributed by atoms with Gasteiger partial charge in [-0.05, 0) is 53.4 Å². The molecule has 2 atom stereocenters. The van der Waals surface area contributed by atoms with Crippen LogP contribution >= 0.6 is 0 Å². The van der Waals surface area contributed by atoms with Crippen molar-refractivity contribution in [1.29, 1.82) is 0 Å². The van der Waals surface area contributed by atoms with Crippen molar-refractivity contribution in [2.24, 2.45) is 11.7 Å². The summed E-state index contributed by atoms with van der Waals surface area (Å²) < 4.78 is 5.50. The summed E-state index contributed by atoms with van der Waals surface area (Å²) in [5.41, 5.74) is 5.54. The van der Waals surface area contributed by atoms with E-state index in [4.69, 9.17) is 10.5 Å². The van der Waals surface area contributed by atoms with E-state index in [2.05, 4.69) is 0 Å². The van der Waals surface area contributed by atoms with Crippen LogP contribution in [0.4, 0.5) is 4.79 Å². The zero-order valence-corrected chi connectivity index (χ0v) is 16.3. The van der Waals surface area contributed by atoms with E-state index >= 15 is 0 Å². The molecule has 0 bridgehead atoms. The van der Waals surface area contributed by atoms with Gasteiger partial charge in [0.05, 0.1) is 12.1 Å². The lowest BCUT2D eigenvalue weighted by Crippen LogP contribution is -2.54. The molecule has 0 unspecified atom stereocenters. The maximum atomic E-state index is 12.7. The van der Waals surface area contributed by atoms with Crippen molar-refractivity contribution < 1.29 is 14.3 Å². The molecule has 0 saturated carbocycles. The van der Waals surface area contributed by atoms with E-state index in [-0.39, 0.29) is 30.0 Å². The third-order valence-corrected chi connectivity index (χ3v) is 4.32. The molecular weight excluding hydrogens is 306 g/mol. The number of amides is 2. The SMILES string of the molecule is CC(C)[C@H](N)C(=O)N(C[C@H]1CCCN1C(=O)OC(C)(C)C)C(C)C. The molecule has 140 valence electrons. The molecule has 0 aromatic carbocycles. The van der Waals surface area contributed by atoms with Crippen LogP contribution in [0, 0.1) is 5.92 Å². The van der Waals surface area contributed by atoms with Crippen LogP contribution in [0.25, 0.3) is 0 Å². The normalized spacial score (nSPS) is 19.8. The van der Waals surface area contributed by atoms with E-state index in [0.717, 1.165) is 12.8 Å². The highest BCUT2D eigenvalue weighted by Crippen LogP contribution is 2.23. The first-order chi connectivity index (χ1) is 10.9. The van der Waals surface area contributed by atoms with Crippen LogP contribution in [-0.2, 0) is 9.53 Å². The molecule has 6 nitrogen and oxygen atoms in total. The highest BCUT2D eigenvalue weighted by Gasteiger charge is 2.35. The van der Waals surface area contributed by atoms with Gasteiger partial charge >= 0.3 is 6.09 Å². The minimum atomic E-state index is -0.516. The first-order valence-electron chi connectivity index (χ1n) is 8.99. The minimum Gasteiger partial charge on any atom is -0.444 e. The topological polar surface area (TPSA) is 75.9 Å². The maximum Gasteiger partial charge on any atom is 0.410 e. The molecular formula is C18H35N3O3. The fourth-order valence-electron chi connectivity index (χ4n) is 2.85. The Hall–Kier alpha value is -1.30. The fourth-order valence-corrected chi connectivity index (χ4v) is 2.85. The molecule has 0 spiro atoms. The number of nitrogens with zero attached hydrogens (tertiary/aromatic N) is 2. The zero-order chi connectivity index (χ0) is 18.7. The second-order valence-electron chi connectivity index (χ2n) is 8.32. The van der Waals surface area contributed by atoms with Gasteiger partial charge in [0.2, 0.25) is 5.91 Å². The van der Waals surface area contributed by atoms with Crippen molar-refractivity contribution in [1.82, 2.24) is 9.80 Å². The second-order valence-corrected chi connectivity index (χ2v) is 8.32. The number of carbonyl (C=O) groups is 2. The third-order valence-electron chi connectivity index (χ3n) is 4.32. The molecule has 1 aliphatic heterocycles. The molecule has 6 heteroatoms. The van der Waals surface area contributed by atoms with Gasteiger partial charge < -0.3 is 20.3 Å². The molecule has 1 aliphatic rings. The van der Waals surface area contributed by atoms with Crippen molar-refractivity contribution >= 4 is 12.0 Å². The summed E-state index contributed by atoms with van der Waals surface area (Å²) in [6.07, 6.45) is 1.52. The molecule has 1 fully saturated rings. The summed E-state index contributed by atoms with van der Waals surface area (Å²) in [6.45, 7) is 14.6. The van der Waals surface area contributed by atoms with Crippen LogP contribution in [0.1, 0.15) is 61.3 Å². The molecule has 0 aromatic rings. The van der Waals surface area contributed by atoms with E-state index in [0.29, 0.717) is 13.1 Å². The quantitative estimate of drug-likeness (QED) is 0.834. The molecule has 24 heavy (non-hydrogen) atoms. The Kier molecular flexibility index (Phi) is 7.08. The molecule has 1 saturated heterocycles. The average molecular weight is 341 g/mol. The Balaban J connectivity index is 2.82. The van der Waals surface area contributed by atoms with Gasteiger partial charge in [-0.2, -0.15) is 0 Å². The zero-order valence-electron chi connectivity index (χ0n) is 16.3. The Morgan fingerprint density at radius 3 is 2.29 bits per heavy atom. The molecule has 2 amide bonds. The molecule has 1 heterocycles. The Labute approximate surface area is 146 Å². The fraction of sp³-hybridized carbons (Fsp3) is 0.889. The lowest BCUT2D eigenvalue weighted by molar-refractivity contribution is -0.136. The van der Waals surface area contributed by atoms with E-state index < -0.39 is 11.6 Å². The largest absolute Gasteiger partial charge is 0.444 e. The van der Waals surface area contributed by atoms with Gasteiger partial charge in [-0.15, -0.1) is 0 Å². The Morgan fingerprint density at radius 2 is 1.83 bits per heavy atom. The number of carbonyl (C=O) groups excluding carboxylic acids is 2. The summed E-state index contributed by atoms with van der Waals surface area (Å²) in [7, 11) is 0. The van der Waals surface area contributed by atoms with Crippen molar-refractivity contribution in [2.45, 2.75) is 85.0 Å². The van der Waals surface area contributed by atoms with Gasteiger partial charge in [-0.3, -0.25) is 4.79 Å². The summed E-state index contributed by atoms with van der Waals surface area (Å²) in [6, 6.07) is -0.474. The van der Waals surface area contributed by atoms with Crippen LogP contribution in [0.5, 0.6) is 0 Å². The van der Waals surface area contributed by atoms with Gasteiger partial charge in [-0.1, -0.05) is 13.8 Å². The smallest absolute Gasteiger partial charge is 0.410 e. The minimum absolute atomic E-state index is 0.00874. The number of nitrogens with two attached hydrogens (primary N) is 1. The van der Waals surface area contributed by atoms with E-state index in [1.807, 2.05) is 48.5 Å². The molecule has 0 aliphatic carbocycles. The summed E-state index contributed by atoms with van der Waals surface area (Å²) >= 11 is 0. The predicted molar refractivity (Wildman–Crippen MR) is 95.6 cm³/mol. The van der Waals surface area contributed by atoms with Gasteiger partial charge in [0.1, 0.15) is 5.60 Å². The van der Waals surface area contributed by atoms with E-state index in [1.54, 1.807) is 9.80 Å². The standard InChI is InChI=1S/C18H35N3O3/c1-12(2)15(19)16(22)21(13(3)4)11-14-9-8-10-20(14)17(23)24-18(5,6)7/h12-15H,8-11,19H2,1-7H3/t14-,15+/m1/s1. The maximum absolute atomic E-state index is 12.7. The third kappa shape index (κ3) is 5.65. The van der Waals surface area contributed by atoms with Gasteiger partial charge in [-0.25, -0.2) is 4.79 Å². The molecule has 2 N–H and O–H groups in total. The van der Waals surface area contributed by atoms with Crippen LogP contribution in [0.3, 0.4) is 0 Å². The number of hydrogen-bond acceptors (Lipinski definition) is 4. The second kappa shape index (κ2) is 8.19. The predicted octanol–water partition coefficient (Wildman–Crippen LogP) is 2.61. The lowest BCUT2D eigenvalue weighted by atomic mass is 10.0. The first kappa shape index (κ1) is 20.7. The summed E-state index contributed by atoms with van der Waals surface area (Å²) in [5, 5.41) is 0. The Bertz CT molecular complexity index is 443. The Morgan fingerprint density at radius 1 is 1.25 bits per heavy atom. The number of hydrogen-bond donors (Lipinski definition) is 1.